The van der Waals surface area contributed by atoms with Crippen molar-refractivity contribution in [2.45, 2.75) is 101 Å². The quantitative estimate of drug-likeness (QED) is 0.119. The Kier molecular flexibility index (Phi) is 14.0. The molecule has 2 aliphatic heterocycles. The van der Waals surface area contributed by atoms with Crippen LogP contribution in [0.3, 0.4) is 0 Å². The number of urea groups is 1. The number of carbonyl (C=O) groups is 3. The third kappa shape index (κ3) is 11.3. The maximum Gasteiger partial charge on any atom is 0.315 e. The van der Waals surface area contributed by atoms with Gasteiger partial charge in [0, 0.05) is 49.3 Å². The van der Waals surface area contributed by atoms with Crippen LogP contribution in [-0.2, 0) is 20.9 Å². The minimum atomic E-state index is -0.0818. The Bertz CT molecular complexity index is 1020. The van der Waals surface area contributed by atoms with E-state index in [2.05, 4.69) is 33.4 Å². The third-order valence-electron chi connectivity index (χ3n) is 8.01. The molecule has 10 heteroatoms. The van der Waals surface area contributed by atoms with Crippen LogP contribution in [0.4, 0.5) is 4.79 Å². The van der Waals surface area contributed by atoms with Crippen LogP contribution in [0.1, 0.15) is 86.6 Å². The van der Waals surface area contributed by atoms with Crippen molar-refractivity contribution < 1.29 is 23.9 Å². The Morgan fingerprint density at radius 1 is 0.952 bits per heavy atom. The van der Waals surface area contributed by atoms with E-state index < -0.39 is 0 Å². The van der Waals surface area contributed by atoms with Crippen molar-refractivity contribution in [1.82, 2.24) is 21.3 Å². The Morgan fingerprint density at radius 3 is 2.60 bits per heavy atom. The van der Waals surface area contributed by atoms with Crippen LogP contribution in [0.15, 0.2) is 36.4 Å². The lowest BCUT2D eigenvalue weighted by molar-refractivity contribution is -0.121. The summed E-state index contributed by atoms with van der Waals surface area (Å²) in [5.41, 5.74) is 1.72. The molecule has 42 heavy (non-hydrogen) atoms. The topological polar surface area (TPSA) is 118 Å². The van der Waals surface area contributed by atoms with E-state index >= 15 is 0 Å². The van der Waals surface area contributed by atoms with Gasteiger partial charge in [0.15, 0.2) is 0 Å². The van der Waals surface area contributed by atoms with Crippen LogP contribution >= 0.6 is 11.8 Å². The predicted molar refractivity (Wildman–Crippen MR) is 167 cm³/mol. The molecule has 4 rings (SSSR count). The molecule has 232 valence electrons. The van der Waals surface area contributed by atoms with E-state index in [4.69, 9.17) is 9.47 Å². The number of carbonyl (C=O) groups excluding carboxylic acids is 3. The fraction of sp³-hybridized carbons (Fsp3) is 0.656. The summed E-state index contributed by atoms with van der Waals surface area (Å²) in [6.45, 7) is 2.86. The lowest BCUT2D eigenvalue weighted by atomic mass is 10.0. The molecule has 1 aromatic rings. The van der Waals surface area contributed by atoms with Gasteiger partial charge in [-0.1, -0.05) is 43.5 Å². The van der Waals surface area contributed by atoms with Gasteiger partial charge in [-0.15, -0.1) is 0 Å². The Morgan fingerprint density at radius 2 is 1.76 bits per heavy atom. The summed E-state index contributed by atoms with van der Waals surface area (Å²) >= 11 is 1.91. The minimum absolute atomic E-state index is 0.0537. The number of thioether (sulfide) groups is 1. The van der Waals surface area contributed by atoms with Gasteiger partial charge < -0.3 is 30.7 Å². The zero-order valence-electron chi connectivity index (χ0n) is 24.7. The number of unbranched alkanes of at least 4 members (excludes halogenated alkanes) is 1. The molecule has 2 saturated heterocycles. The first kappa shape index (κ1) is 32.4. The van der Waals surface area contributed by atoms with Crippen LogP contribution in [-0.4, -0.2) is 73.3 Å². The zero-order chi connectivity index (χ0) is 29.4. The number of hydrogen-bond acceptors (Lipinski definition) is 6. The standard InChI is InChI=1S/C32H48N4O5S/c37-29(13-7-6-12-28-30-27(23-42-28)35-32(39)36-30)33-18-8-20-40-21-9-19-34-31(38)25-16-14-24(15-17-25)22-41-26-10-4-2-1-3-5-11-26/h4,10,14-17,26-28,30H,1-3,5-9,11-13,18-23H2,(H,33,37)(H,34,38)(H2,35,36,39)/b10-4-/t26?,27-,28-,30-/m0/s1. The minimum Gasteiger partial charge on any atom is -0.381 e. The lowest BCUT2D eigenvalue weighted by Crippen LogP contribution is -2.36. The summed E-state index contributed by atoms with van der Waals surface area (Å²) in [6.07, 6.45) is 15.5. The molecule has 0 aromatic heterocycles. The second kappa shape index (κ2) is 18.2. The molecule has 0 radical (unpaired) electrons. The second-order valence-corrected chi connectivity index (χ2v) is 12.7. The summed E-state index contributed by atoms with van der Waals surface area (Å²) < 4.78 is 11.7. The number of rotatable bonds is 17. The molecule has 2 fully saturated rings. The largest absolute Gasteiger partial charge is 0.381 e. The van der Waals surface area contributed by atoms with Crippen molar-refractivity contribution in [3.05, 3.63) is 47.5 Å². The summed E-state index contributed by atoms with van der Waals surface area (Å²) in [7, 11) is 0. The molecule has 2 heterocycles. The van der Waals surface area contributed by atoms with E-state index in [9.17, 15) is 14.4 Å². The molecule has 1 aromatic carbocycles. The third-order valence-corrected chi connectivity index (χ3v) is 9.52. The van der Waals surface area contributed by atoms with Gasteiger partial charge in [0.2, 0.25) is 5.91 Å². The van der Waals surface area contributed by atoms with Gasteiger partial charge in [-0.2, -0.15) is 11.8 Å². The molecule has 9 nitrogen and oxygen atoms in total. The van der Waals surface area contributed by atoms with Crippen LogP contribution in [0.2, 0.25) is 0 Å². The van der Waals surface area contributed by atoms with Gasteiger partial charge in [0.05, 0.1) is 24.8 Å². The number of allylic oxidation sites excluding steroid dienone is 1. The molecule has 4 N–H and O–H groups in total. The number of hydrogen-bond donors (Lipinski definition) is 4. The highest BCUT2D eigenvalue weighted by atomic mass is 32.2. The molecular formula is C32H48N4O5S. The van der Waals surface area contributed by atoms with E-state index in [1.54, 1.807) is 0 Å². The van der Waals surface area contributed by atoms with Gasteiger partial charge in [-0.3, -0.25) is 9.59 Å². The van der Waals surface area contributed by atoms with E-state index in [-0.39, 0.29) is 36.0 Å². The van der Waals surface area contributed by atoms with Crippen molar-refractivity contribution in [2.75, 3.05) is 32.1 Å². The maximum atomic E-state index is 12.4. The average molecular weight is 601 g/mol. The smallest absolute Gasteiger partial charge is 0.315 e. The molecule has 0 saturated carbocycles. The van der Waals surface area contributed by atoms with E-state index in [0.29, 0.717) is 50.1 Å². The molecular weight excluding hydrogens is 552 g/mol. The van der Waals surface area contributed by atoms with Gasteiger partial charge in [0.1, 0.15) is 0 Å². The van der Waals surface area contributed by atoms with Crippen molar-refractivity contribution in [3.63, 3.8) is 0 Å². The molecule has 1 unspecified atom stereocenters. The number of fused-ring (bicyclic) bond motifs is 1. The fourth-order valence-electron chi connectivity index (χ4n) is 5.57. The lowest BCUT2D eigenvalue weighted by Gasteiger charge is -2.16. The number of ether oxygens (including phenoxy) is 2. The van der Waals surface area contributed by atoms with Gasteiger partial charge in [-0.05, 0) is 62.6 Å². The monoisotopic (exact) mass is 600 g/mol. The Labute approximate surface area is 254 Å². The highest BCUT2D eigenvalue weighted by molar-refractivity contribution is 8.00. The van der Waals surface area contributed by atoms with Gasteiger partial charge >= 0.3 is 6.03 Å². The highest BCUT2D eigenvalue weighted by Crippen LogP contribution is 2.33. The van der Waals surface area contributed by atoms with Crippen LogP contribution < -0.4 is 21.3 Å². The van der Waals surface area contributed by atoms with E-state index in [0.717, 1.165) is 56.3 Å². The van der Waals surface area contributed by atoms with Crippen molar-refractivity contribution in [3.8, 4) is 0 Å². The molecule has 0 spiro atoms. The van der Waals surface area contributed by atoms with Crippen LogP contribution in [0.25, 0.3) is 0 Å². The predicted octanol–water partition coefficient (Wildman–Crippen LogP) is 4.46. The van der Waals surface area contributed by atoms with Crippen LogP contribution in [0, 0.1) is 0 Å². The first-order valence-corrected chi connectivity index (χ1v) is 16.8. The summed E-state index contributed by atoms with van der Waals surface area (Å²) in [5, 5.41) is 12.3. The number of nitrogens with one attached hydrogen (secondary N) is 4. The highest BCUT2D eigenvalue weighted by Gasteiger charge is 2.42. The molecule has 0 bridgehead atoms. The summed E-state index contributed by atoms with van der Waals surface area (Å²) in [4.78, 5) is 36.0. The fourth-order valence-corrected chi connectivity index (χ4v) is 7.11. The molecule has 3 aliphatic rings. The van der Waals surface area contributed by atoms with Gasteiger partial charge in [0.25, 0.3) is 5.91 Å². The first-order valence-electron chi connectivity index (χ1n) is 15.8. The number of amides is 4. The molecule has 4 atom stereocenters. The van der Waals surface area contributed by atoms with Crippen molar-refractivity contribution in [2.24, 2.45) is 0 Å². The first-order chi connectivity index (χ1) is 20.6. The normalized spacial score (nSPS) is 24.1. The molecule has 4 amide bonds. The summed E-state index contributed by atoms with van der Waals surface area (Å²) in [6, 6.07) is 8.06. The second-order valence-electron chi connectivity index (χ2n) is 11.4. The SMILES string of the molecule is O=C(CCCC[C@@H]1SC[C@@H]2NC(=O)N[C@@H]21)NCCCOCCCNC(=O)c1ccc(COC2/C=C\CCCCC2)cc1. The maximum absolute atomic E-state index is 12.4. The zero-order valence-corrected chi connectivity index (χ0v) is 25.6. The molecule has 1 aliphatic carbocycles. The van der Waals surface area contributed by atoms with Crippen LogP contribution in [0.5, 0.6) is 0 Å². The Balaban J connectivity index is 0.945. The van der Waals surface area contributed by atoms with Gasteiger partial charge in [-0.25, -0.2) is 4.79 Å². The Hall–Kier alpha value is -2.56. The van der Waals surface area contributed by atoms with E-state index in [1.807, 2.05) is 36.0 Å². The summed E-state index contributed by atoms with van der Waals surface area (Å²) in [5.74, 6) is 0.967. The van der Waals surface area contributed by atoms with Crippen molar-refractivity contribution in [1.29, 1.82) is 0 Å². The van der Waals surface area contributed by atoms with Crippen molar-refractivity contribution >= 4 is 29.6 Å². The average Bonchev–Trinajstić information content (AvgIpc) is 3.53. The van der Waals surface area contributed by atoms with E-state index in [1.165, 1.54) is 19.3 Å². The number of benzene rings is 1.